The summed E-state index contributed by atoms with van der Waals surface area (Å²) in [6.45, 7) is 3.78. The van der Waals surface area contributed by atoms with Crippen molar-refractivity contribution >= 4 is 17.3 Å². The van der Waals surface area contributed by atoms with Gasteiger partial charge in [0.2, 0.25) is 11.2 Å². The molecule has 0 spiro atoms. The Morgan fingerprint density at radius 1 is 1.38 bits per heavy atom. The number of nitrogens with zero attached hydrogens (tertiary/aromatic N) is 2. The first-order valence-electron chi connectivity index (χ1n) is 5.22. The predicted molar refractivity (Wildman–Crippen MR) is 62.7 cm³/mol. The Morgan fingerprint density at radius 2 is 2.19 bits per heavy atom. The SMILES string of the molecule is CCCCOCCOc1nc(Cl)ncc1N. The van der Waals surface area contributed by atoms with Gasteiger partial charge >= 0.3 is 0 Å². The van der Waals surface area contributed by atoms with Crippen molar-refractivity contribution in [2.24, 2.45) is 0 Å². The molecule has 1 aromatic rings. The first-order valence-corrected chi connectivity index (χ1v) is 5.60. The largest absolute Gasteiger partial charge is 0.474 e. The van der Waals surface area contributed by atoms with Crippen LogP contribution >= 0.6 is 11.6 Å². The molecule has 0 aliphatic rings. The van der Waals surface area contributed by atoms with E-state index in [4.69, 9.17) is 26.8 Å². The molecule has 0 radical (unpaired) electrons. The van der Waals surface area contributed by atoms with Crippen molar-refractivity contribution < 1.29 is 9.47 Å². The number of rotatable bonds is 7. The Balaban J connectivity index is 2.23. The third kappa shape index (κ3) is 4.63. The van der Waals surface area contributed by atoms with E-state index in [1.54, 1.807) is 0 Å². The van der Waals surface area contributed by atoms with Crippen molar-refractivity contribution in [3.63, 3.8) is 0 Å². The van der Waals surface area contributed by atoms with E-state index in [9.17, 15) is 0 Å². The maximum absolute atomic E-state index is 5.61. The molecule has 1 rings (SSSR count). The molecule has 0 saturated carbocycles. The number of unbranched alkanes of at least 4 members (excludes halogenated alkanes) is 1. The molecule has 0 aliphatic heterocycles. The first kappa shape index (κ1) is 13.0. The Labute approximate surface area is 99.9 Å². The van der Waals surface area contributed by atoms with Gasteiger partial charge in [-0.2, -0.15) is 4.98 Å². The number of hydrogen-bond donors (Lipinski definition) is 1. The zero-order valence-electron chi connectivity index (χ0n) is 9.28. The molecule has 16 heavy (non-hydrogen) atoms. The van der Waals surface area contributed by atoms with Gasteiger partial charge in [0.15, 0.2) is 0 Å². The molecule has 1 heterocycles. The van der Waals surface area contributed by atoms with Crippen LogP contribution in [0.5, 0.6) is 5.88 Å². The summed E-state index contributed by atoms with van der Waals surface area (Å²) in [5.74, 6) is 0.305. The Hall–Kier alpha value is -1.07. The number of ether oxygens (including phenoxy) is 2. The van der Waals surface area contributed by atoms with E-state index in [1.807, 2.05) is 0 Å². The van der Waals surface area contributed by atoms with Crippen LogP contribution in [0.1, 0.15) is 19.8 Å². The Kier molecular flexibility index (Phi) is 5.88. The summed E-state index contributed by atoms with van der Waals surface area (Å²) in [5, 5.41) is 0.121. The predicted octanol–water partition coefficient (Wildman–Crippen LogP) is 1.91. The number of anilines is 1. The average molecular weight is 246 g/mol. The van der Waals surface area contributed by atoms with Crippen LogP contribution in [0.3, 0.4) is 0 Å². The molecule has 0 saturated heterocycles. The minimum Gasteiger partial charge on any atom is -0.474 e. The van der Waals surface area contributed by atoms with Gasteiger partial charge in [0.1, 0.15) is 12.3 Å². The summed E-state index contributed by atoms with van der Waals surface area (Å²) in [6.07, 6.45) is 3.60. The average Bonchev–Trinajstić information content (AvgIpc) is 2.28. The molecule has 0 aromatic carbocycles. The molecule has 0 unspecified atom stereocenters. The lowest BCUT2D eigenvalue weighted by atomic mass is 10.4. The lowest BCUT2D eigenvalue weighted by Gasteiger charge is -2.07. The number of nitrogens with two attached hydrogens (primary N) is 1. The molecule has 0 amide bonds. The van der Waals surface area contributed by atoms with Crippen molar-refractivity contribution in [2.75, 3.05) is 25.6 Å². The van der Waals surface area contributed by atoms with Crippen LogP contribution in [0.2, 0.25) is 5.28 Å². The van der Waals surface area contributed by atoms with Crippen LogP contribution in [0.15, 0.2) is 6.20 Å². The molecule has 0 aliphatic carbocycles. The zero-order valence-corrected chi connectivity index (χ0v) is 10.0. The highest BCUT2D eigenvalue weighted by atomic mass is 35.5. The summed E-state index contributed by atoms with van der Waals surface area (Å²) >= 11 is 5.61. The quantitative estimate of drug-likeness (QED) is 0.587. The molecule has 0 atom stereocenters. The fraction of sp³-hybridized carbons (Fsp3) is 0.600. The van der Waals surface area contributed by atoms with Crippen molar-refractivity contribution in [1.29, 1.82) is 0 Å². The van der Waals surface area contributed by atoms with Gasteiger partial charge in [0, 0.05) is 6.61 Å². The fourth-order valence-corrected chi connectivity index (χ4v) is 1.14. The van der Waals surface area contributed by atoms with E-state index in [-0.39, 0.29) is 5.28 Å². The standard InChI is InChI=1S/C10H16ClN3O2/c1-2-3-4-15-5-6-16-9-8(12)7-13-10(11)14-9/h7H,2-6,12H2,1H3. The van der Waals surface area contributed by atoms with Gasteiger partial charge in [-0.05, 0) is 18.0 Å². The van der Waals surface area contributed by atoms with E-state index in [0.717, 1.165) is 19.4 Å². The number of halogens is 1. The maximum Gasteiger partial charge on any atom is 0.241 e. The Bertz CT molecular complexity index is 323. The van der Waals surface area contributed by atoms with Gasteiger partial charge in [0.05, 0.1) is 12.8 Å². The molecule has 90 valence electrons. The summed E-state index contributed by atoms with van der Waals surface area (Å²) in [6, 6.07) is 0. The summed E-state index contributed by atoms with van der Waals surface area (Å²) in [7, 11) is 0. The smallest absolute Gasteiger partial charge is 0.241 e. The van der Waals surface area contributed by atoms with Crippen LogP contribution in [-0.2, 0) is 4.74 Å². The van der Waals surface area contributed by atoms with E-state index in [1.165, 1.54) is 6.20 Å². The van der Waals surface area contributed by atoms with Gasteiger partial charge < -0.3 is 15.2 Å². The van der Waals surface area contributed by atoms with Crippen molar-refractivity contribution in [2.45, 2.75) is 19.8 Å². The lowest BCUT2D eigenvalue weighted by molar-refractivity contribution is 0.0967. The minimum absolute atomic E-state index is 0.121. The third-order valence-electron chi connectivity index (χ3n) is 1.86. The fourth-order valence-electron chi connectivity index (χ4n) is 1.02. The van der Waals surface area contributed by atoms with E-state index >= 15 is 0 Å². The second kappa shape index (κ2) is 7.24. The molecule has 1 aromatic heterocycles. The van der Waals surface area contributed by atoms with Crippen LogP contribution in [0.25, 0.3) is 0 Å². The highest BCUT2D eigenvalue weighted by Gasteiger charge is 2.03. The molecule has 6 heteroatoms. The van der Waals surface area contributed by atoms with Crippen molar-refractivity contribution in [3.05, 3.63) is 11.5 Å². The normalized spacial score (nSPS) is 10.4. The van der Waals surface area contributed by atoms with E-state index < -0.39 is 0 Å². The second-order valence-corrected chi connectivity index (χ2v) is 3.55. The topological polar surface area (TPSA) is 70.3 Å². The van der Waals surface area contributed by atoms with Gasteiger partial charge in [-0.3, -0.25) is 0 Å². The van der Waals surface area contributed by atoms with Gasteiger partial charge in [0.25, 0.3) is 0 Å². The van der Waals surface area contributed by atoms with E-state index in [2.05, 4.69) is 16.9 Å². The number of hydrogen-bond acceptors (Lipinski definition) is 5. The maximum atomic E-state index is 5.61. The minimum atomic E-state index is 0.121. The monoisotopic (exact) mass is 245 g/mol. The van der Waals surface area contributed by atoms with Gasteiger partial charge in [-0.25, -0.2) is 4.98 Å². The van der Waals surface area contributed by atoms with Crippen LogP contribution in [0.4, 0.5) is 5.69 Å². The lowest BCUT2D eigenvalue weighted by Crippen LogP contribution is -2.09. The number of aromatic nitrogens is 2. The zero-order chi connectivity index (χ0) is 11.8. The summed E-state index contributed by atoms with van der Waals surface area (Å²) < 4.78 is 10.6. The molecular weight excluding hydrogens is 230 g/mol. The third-order valence-corrected chi connectivity index (χ3v) is 2.04. The second-order valence-electron chi connectivity index (χ2n) is 3.21. The van der Waals surface area contributed by atoms with E-state index in [0.29, 0.717) is 24.8 Å². The molecule has 5 nitrogen and oxygen atoms in total. The molecule has 0 bridgehead atoms. The highest BCUT2D eigenvalue weighted by molar-refractivity contribution is 6.28. The van der Waals surface area contributed by atoms with Crippen LogP contribution < -0.4 is 10.5 Å². The molecule has 2 N–H and O–H groups in total. The highest BCUT2D eigenvalue weighted by Crippen LogP contribution is 2.18. The molecular formula is C10H16ClN3O2. The van der Waals surface area contributed by atoms with Crippen molar-refractivity contribution in [1.82, 2.24) is 9.97 Å². The number of nitrogen functional groups attached to an aromatic ring is 1. The molecule has 0 fully saturated rings. The summed E-state index contributed by atoms with van der Waals surface area (Å²) in [4.78, 5) is 7.58. The van der Waals surface area contributed by atoms with Crippen LogP contribution in [-0.4, -0.2) is 29.8 Å². The first-order chi connectivity index (χ1) is 7.74. The van der Waals surface area contributed by atoms with Gasteiger partial charge in [-0.1, -0.05) is 13.3 Å². The Morgan fingerprint density at radius 3 is 2.94 bits per heavy atom. The van der Waals surface area contributed by atoms with Crippen LogP contribution in [0, 0.1) is 0 Å². The summed E-state index contributed by atoms with van der Waals surface area (Å²) in [5.41, 5.74) is 5.98. The van der Waals surface area contributed by atoms with Crippen molar-refractivity contribution in [3.8, 4) is 5.88 Å². The van der Waals surface area contributed by atoms with Gasteiger partial charge in [-0.15, -0.1) is 0 Å².